The number of thiocarbonyl (C=S) groups is 1. The molecular formula is C35H27N5O4S2. The van der Waals surface area contributed by atoms with Crippen molar-refractivity contribution in [2.24, 2.45) is 0 Å². The van der Waals surface area contributed by atoms with Crippen LogP contribution in [0.2, 0.25) is 0 Å². The van der Waals surface area contributed by atoms with Crippen LogP contribution >= 0.6 is 24.0 Å². The third-order valence-corrected chi connectivity index (χ3v) is 9.25. The van der Waals surface area contributed by atoms with Crippen LogP contribution in [0.5, 0.6) is 0 Å². The first-order valence-corrected chi connectivity index (χ1v) is 16.1. The number of hydrogen-bond acceptors (Lipinski definition) is 9. The predicted molar refractivity (Wildman–Crippen MR) is 178 cm³/mol. The van der Waals surface area contributed by atoms with Crippen LogP contribution in [0.15, 0.2) is 126 Å². The second-order valence-corrected chi connectivity index (χ2v) is 12.2. The van der Waals surface area contributed by atoms with E-state index in [1.807, 2.05) is 97.1 Å². The zero-order valence-corrected chi connectivity index (χ0v) is 26.0. The first kappa shape index (κ1) is 29.6. The number of carbonyl (C=O) groups excluding carboxylic acids is 2. The Morgan fingerprint density at radius 1 is 0.913 bits per heavy atom. The largest absolute Gasteiger partial charge is 0.469 e. The molecule has 46 heavy (non-hydrogen) atoms. The van der Waals surface area contributed by atoms with Gasteiger partial charge >= 0.3 is 0 Å². The van der Waals surface area contributed by atoms with Gasteiger partial charge in [0, 0.05) is 11.9 Å². The number of rotatable bonds is 9. The fraction of sp³-hybridized carbons (Fsp3) is 0.143. The normalized spacial score (nSPS) is 17.3. The number of amides is 2. The summed E-state index contributed by atoms with van der Waals surface area (Å²) < 4.78 is 12.7. The van der Waals surface area contributed by atoms with Gasteiger partial charge in [-0.3, -0.25) is 19.5 Å². The van der Waals surface area contributed by atoms with Crippen molar-refractivity contribution in [3.05, 3.63) is 144 Å². The Morgan fingerprint density at radius 2 is 1.54 bits per heavy atom. The van der Waals surface area contributed by atoms with Gasteiger partial charge < -0.3 is 14.5 Å². The van der Waals surface area contributed by atoms with Crippen LogP contribution in [0.1, 0.15) is 28.7 Å². The second kappa shape index (κ2) is 13.1. The van der Waals surface area contributed by atoms with Gasteiger partial charge in [-0.25, -0.2) is 0 Å². The van der Waals surface area contributed by atoms with Crippen LogP contribution in [-0.4, -0.2) is 54.1 Å². The van der Waals surface area contributed by atoms with E-state index in [2.05, 4.69) is 20.5 Å². The third-order valence-electron chi connectivity index (χ3n) is 7.68. The summed E-state index contributed by atoms with van der Waals surface area (Å²) in [6.07, 6.45) is 1.28. The standard InChI is InChI=1S/C35H27N5O4S2/c41-27(20-22-12-4-1-5-13-22)37-28-33(42)40-29(35(45)43-30(23-14-6-2-7-15-23)24-16-8-3-9-17-24)25(21-46-34(28)40)31-38-39-32(44-31)26-18-10-11-19-36-26/h1-19,28,30,34H,20-21H2,(H,37,41)/t28-,34-/m1/s1. The van der Waals surface area contributed by atoms with E-state index in [1.165, 1.54) is 11.8 Å². The van der Waals surface area contributed by atoms with E-state index in [1.54, 1.807) is 23.2 Å². The average Bonchev–Trinajstić information content (AvgIpc) is 3.61. The number of pyridine rings is 1. The van der Waals surface area contributed by atoms with Crippen LogP contribution in [0.4, 0.5) is 0 Å². The fourth-order valence-electron chi connectivity index (χ4n) is 5.46. The first-order chi connectivity index (χ1) is 22.6. The average molecular weight is 646 g/mol. The van der Waals surface area contributed by atoms with Crippen molar-refractivity contribution < 1.29 is 18.7 Å². The lowest BCUT2D eigenvalue weighted by atomic mass is 10.0. The molecule has 1 N–H and O–H groups in total. The van der Waals surface area contributed by atoms with Crippen LogP contribution in [-0.2, 0) is 20.7 Å². The number of nitrogens with one attached hydrogen (secondary N) is 1. The molecule has 0 saturated carbocycles. The Bertz CT molecular complexity index is 1860. The summed E-state index contributed by atoms with van der Waals surface area (Å²) >= 11 is 7.47. The minimum atomic E-state index is -0.716. The second-order valence-electron chi connectivity index (χ2n) is 10.7. The molecular weight excluding hydrogens is 619 g/mol. The van der Waals surface area contributed by atoms with Crippen molar-refractivity contribution in [3.8, 4) is 11.6 Å². The summed E-state index contributed by atoms with van der Waals surface area (Å²) in [4.78, 5) is 32.6. The maximum atomic E-state index is 13.8. The molecule has 2 atom stereocenters. The lowest BCUT2D eigenvalue weighted by Gasteiger charge is -2.50. The molecule has 0 bridgehead atoms. The smallest absolute Gasteiger partial charge is 0.266 e. The molecule has 5 aromatic rings. The van der Waals surface area contributed by atoms with Crippen molar-refractivity contribution in [2.45, 2.75) is 23.9 Å². The Morgan fingerprint density at radius 3 is 2.20 bits per heavy atom. The highest BCUT2D eigenvalue weighted by Crippen LogP contribution is 2.44. The lowest BCUT2D eigenvalue weighted by Crippen LogP contribution is -2.70. The van der Waals surface area contributed by atoms with Gasteiger partial charge in [0.1, 0.15) is 28.9 Å². The summed E-state index contributed by atoms with van der Waals surface area (Å²) in [5.41, 5.74) is 4.14. The summed E-state index contributed by atoms with van der Waals surface area (Å²) in [6, 6.07) is 33.6. The van der Waals surface area contributed by atoms with E-state index in [-0.39, 0.29) is 35.1 Å². The van der Waals surface area contributed by atoms with Crippen LogP contribution in [0.3, 0.4) is 0 Å². The van der Waals surface area contributed by atoms with E-state index < -0.39 is 17.5 Å². The van der Waals surface area contributed by atoms with Crippen molar-refractivity contribution in [1.82, 2.24) is 25.4 Å². The first-order valence-electron chi connectivity index (χ1n) is 14.6. The van der Waals surface area contributed by atoms with Crippen molar-refractivity contribution in [3.63, 3.8) is 0 Å². The molecule has 228 valence electrons. The monoisotopic (exact) mass is 645 g/mol. The van der Waals surface area contributed by atoms with Crippen molar-refractivity contribution in [2.75, 3.05) is 5.75 Å². The van der Waals surface area contributed by atoms with Crippen LogP contribution in [0.25, 0.3) is 17.2 Å². The molecule has 0 spiro atoms. The quantitative estimate of drug-likeness (QED) is 0.161. The van der Waals surface area contributed by atoms with Crippen LogP contribution < -0.4 is 5.32 Å². The molecule has 1 fully saturated rings. The minimum Gasteiger partial charge on any atom is -0.469 e. The molecule has 0 aliphatic carbocycles. The molecule has 0 unspecified atom stereocenters. The molecule has 7 rings (SSSR count). The Balaban J connectivity index is 1.22. The van der Waals surface area contributed by atoms with E-state index >= 15 is 0 Å². The topological polar surface area (TPSA) is 110 Å². The van der Waals surface area contributed by atoms with Gasteiger partial charge in [-0.05, 0) is 41.0 Å². The number of aromatic nitrogens is 3. The SMILES string of the molecule is O=C(Cc1ccccc1)N[C@@H]1C(=O)N2C(C(=S)OC(c3ccccc3)c3ccccc3)=C(c3nnc(-c4ccccn4)o3)CS[C@H]12. The zero-order chi connectivity index (χ0) is 31.5. The molecule has 9 nitrogen and oxygen atoms in total. The molecule has 2 aliphatic heterocycles. The van der Waals surface area contributed by atoms with E-state index in [0.29, 0.717) is 22.7 Å². The number of carbonyl (C=O) groups is 2. The molecule has 1 saturated heterocycles. The van der Waals surface area contributed by atoms with Gasteiger partial charge in [0.25, 0.3) is 11.8 Å². The minimum absolute atomic E-state index is 0.109. The number of nitrogens with zero attached hydrogens (tertiary/aromatic N) is 4. The Labute approximate surface area is 274 Å². The van der Waals surface area contributed by atoms with E-state index in [4.69, 9.17) is 21.4 Å². The van der Waals surface area contributed by atoms with Gasteiger partial charge in [0.05, 0.1) is 12.0 Å². The maximum Gasteiger partial charge on any atom is 0.266 e. The van der Waals surface area contributed by atoms with Gasteiger partial charge in [0.15, 0.2) is 0 Å². The molecule has 0 radical (unpaired) electrons. The van der Waals surface area contributed by atoms with Gasteiger partial charge in [-0.1, -0.05) is 97.1 Å². The highest BCUT2D eigenvalue weighted by Gasteiger charge is 2.54. The molecule has 2 amide bonds. The molecule has 2 aromatic heterocycles. The molecule has 3 aromatic carbocycles. The number of β-lactam (4-membered cyclic amide) rings is 1. The number of hydrogen-bond donors (Lipinski definition) is 1. The fourth-order valence-corrected chi connectivity index (χ4v) is 7.11. The Kier molecular flexibility index (Phi) is 8.41. The maximum absolute atomic E-state index is 13.8. The zero-order valence-electron chi connectivity index (χ0n) is 24.4. The van der Waals surface area contributed by atoms with Crippen molar-refractivity contribution >= 4 is 46.4 Å². The predicted octanol–water partition coefficient (Wildman–Crippen LogP) is 5.62. The number of ether oxygens (including phenoxy) is 1. The highest BCUT2D eigenvalue weighted by molar-refractivity contribution is 8.00. The summed E-state index contributed by atoms with van der Waals surface area (Å²) in [5, 5.41) is 11.2. The third kappa shape index (κ3) is 5.94. The number of fused-ring (bicyclic) bond motifs is 1. The molecule has 11 heteroatoms. The number of benzene rings is 3. The molecule has 2 aliphatic rings. The molecule has 4 heterocycles. The summed E-state index contributed by atoms with van der Waals surface area (Å²) in [5.74, 6) is 0.327. The van der Waals surface area contributed by atoms with Gasteiger partial charge in [-0.15, -0.1) is 22.0 Å². The van der Waals surface area contributed by atoms with E-state index in [9.17, 15) is 9.59 Å². The Hall–Kier alpha value is -5.13. The number of thioether (sulfide) groups is 1. The van der Waals surface area contributed by atoms with Gasteiger partial charge in [-0.2, -0.15) is 0 Å². The highest BCUT2D eigenvalue weighted by atomic mass is 32.2. The van der Waals surface area contributed by atoms with Gasteiger partial charge in [0.2, 0.25) is 16.8 Å². The van der Waals surface area contributed by atoms with Crippen LogP contribution in [0, 0.1) is 0 Å². The van der Waals surface area contributed by atoms with E-state index in [0.717, 1.165) is 16.7 Å². The summed E-state index contributed by atoms with van der Waals surface area (Å²) in [6.45, 7) is 0. The summed E-state index contributed by atoms with van der Waals surface area (Å²) in [7, 11) is 0. The van der Waals surface area contributed by atoms with Crippen molar-refractivity contribution in [1.29, 1.82) is 0 Å². The lowest BCUT2D eigenvalue weighted by molar-refractivity contribution is -0.145.